The van der Waals surface area contributed by atoms with Gasteiger partial charge in [-0.15, -0.1) is 0 Å². The number of sulfone groups is 1. The molecule has 0 fully saturated rings. The maximum atomic E-state index is 13.1. The van der Waals surface area contributed by atoms with Gasteiger partial charge in [0.15, 0.2) is 9.84 Å². The molecule has 0 aliphatic carbocycles. The van der Waals surface area contributed by atoms with Gasteiger partial charge in [0.1, 0.15) is 5.75 Å². The molecule has 0 saturated heterocycles. The molecular weight excluding hydrogens is 324 g/mol. The molecule has 0 aliphatic rings. The molecule has 2 aromatic rings. The minimum absolute atomic E-state index is 0.337. The Morgan fingerprint density at radius 3 is 2.09 bits per heavy atom. The minimum Gasteiger partial charge on any atom is -0.496 e. The normalized spacial score (nSPS) is 13.0. The number of benzene rings is 2. The van der Waals surface area contributed by atoms with Crippen LogP contribution in [0.1, 0.15) is 5.56 Å². The van der Waals surface area contributed by atoms with Crippen LogP contribution >= 0.6 is 0 Å². The van der Waals surface area contributed by atoms with Gasteiger partial charge >= 0.3 is 0 Å². The lowest BCUT2D eigenvalue weighted by atomic mass is 10.2. The first-order valence-corrected chi connectivity index (χ1v) is 12.4. The predicted octanol–water partition coefficient (Wildman–Crippen LogP) is 4.39. The Morgan fingerprint density at radius 1 is 0.957 bits per heavy atom. The zero-order valence-electron chi connectivity index (χ0n) is 13.9. The molecule has 2 rings (SSSR count). The zero-order chi connectivity index (χ0) is 17.1. The van der Waals surface area contributed by atoms with E-state index < -0.39 is 17.9 Å². The zero-order valence-corrected chi connectivity index (χ0v) is 15.7. The summed E-state index contributed by atoms with van der Waals surface area (Å²) in [5, 5.41) is 0. The van der Waals surface area contributed by atoms with Gasteiger partial charge in [0.05, 0.1) is 20.1 Å². The summed E-state index contributed by atoms with van der Waals surface area (Å²) in [4.78, 5) is 0.337. The van der Waals surface area contributed by atoms with Crippen LogP contribution in [0.2, 0.25) is 19.6 Å². The lowest BCUT2D eigenvalue weighted by Gasteiger charge is -2.21. The van der Waals surface area contributed by atoms with E-state index in [-0.39, 0.29) is 0 Å². The molecule has 0 unspecified atom stereocenters. The van der Waals surface area contributed by atoms with Crippen LogP contribution in [0.3, 0.4) is 0 Å². The van der Waals surface area contributed by atoms with Crippen molar-refractivity contribution in [2.75, 3.05) is 7.11 Å². The van der Waals surface area contributed by atoms with E-state index in [0.717, 1.165) is 5.56 Å². The average molecular weight is 347 g/mol. The number of hydrogen-bond acceptors (Lipinski definition) is 3. The molecule has 0 atom stereocenters. The van der Waals surface area contributed by atoms with Crippen LogP contribution in [0.15, 0.2) is 64.0 Å². The number of methoxy groups -OCH3 is 1. The maximum absolute atomic E-state index is 13.1. The quantitative estimate of drug-likeness (QED) is 0.754. The number of hydrogen-bond donors (Lipinski definition) is 0. The van der Waals surface area contributed by atoms with Crippen molar-refractivity contribution >= 4 is 24.0 Å². The van der Waals surface area contributed by atoms with E-state index in [0.29, 0.717) is 15.2 Å². The summed E-state index contributed by atoms with van der Waals surface area (Å²) in [5.41, 5.74) is 0.784. The Hall–Kier alpha value is -1.85. The first-order chi connectivity index (χ1) is 10.8. The first-order valence-electron chi connectivity index (χ1n) is 7.42. The summed E-state index contributed by atoms with van der Waals surface area (Å²) in [6.07, 6.45) is 1.77. The first kappa shape index (κ1) is 17.5. The van der Waals surface area contributed by atoms with E-state index in [9.17, 15) is 8.42 Å². The van der Waals surface area contributed by atoms with Crippen molar-refractivity contribution in [1.82, 2.24) is 0 Å². The topological polar surface area (TPSA) is 43.4 Å². The fourth-order valence-corrected chi connectivity index (χ4v) is 7.57. The van der Waals surface area contributed by atoms with Gasteiger partial charge in [-0.25, -0.2) is 8.42 Å². The second kappa shape index (κ2) is 6.72. The van der Waals surface area contributed by atoms with Crippen molar-refractivity contribution in [3.05, 3.63) is 64.7 Å². The van der Waals surface area contributed by atoms with Gasteiger partial charge in [0.25, 0.3) is 0 Å². The molecular formula is C18H22O3SSi. The molecule has 23 heavy (non-hydrogen) atoms. The average Bonchev–Trinajstić information content (AvgIpc) is 2.52. The Labute approximate surface area is 139 Å². The molecule has 0 aliphatic heterocycles. The standard InChI is InChI=1S/C18H22O3SSi/c1-21-17-13-9-8-10-15(17)14-18(23(2,3)4)22(19,20)16-11-6-5-7-12-16/h5-14H,1-4H3/b18-14-. The highest BCUT2D eigenvalue weighted by Gasteiger charge is 2.32. The van der Waals surface area contributed by atoms with Crippen molar-refractivity contribution in [2.24, 2.45) is 0 Å². The second-order valence-corrected chi connectivity index (χ2v) is 13.6. The summed E-state index contributed by atoms with van der Waals surface area (Å²) in [7, 11) is -4.03. The molecule has 122 valence electrons. The minimum atomic E-state index is -3.51. The van der Waals surface area contributed by atoms with Crippen molar-refractivity contribution in [3.8, 4) is 5.75 Å². The maximum Gasteiger partial charge on any atom is 0.198 e. The van der Waals surface area contributed by atoms with Crippen LogP contribution in [0.4, 0.5) is 0 Å². The molecule has 0 N–H and O–H groups in total. The van der Waals surface area contributed by atoms with Crippen LogP contribution in [-0.2, 0) is 9.84 Å². The Morgan fingerprint density at radius 2 is 1.52 bits per heavy atom. The van der Waals surface area contributed by atoms with Gasteiger partial charge < -0.3 is 4.74 Å². The van der Waals surface area contributed by atoms with Gasteiger partial charge in [-0.3, -0.25) is 0 Å². The molecule has 3 nitrogen and oxygen atoms in total. The monoisotopic (exact) mass is 346 g/mol. The summed E-state index contributed by atoms with van der Waals surface area (Å²) in [6, 6.07) is 16.1. The molecule has 0 heterocycles. The SMILES string of the molecule is COc1ccccc1/C=C(\[Si](C)(C)C)S(=O)(=O)c1ccccc1. The lowest BCUT2D eigenvalue weighted by Crippen LogP contribution is -2.29. The van der Waals surface area contributed by atoms with Gasteiger partial charge in [0.2, 0.25) is 0 Å². The smallest absolute Gasteiger partial charge is 0.198 e. The molecule has 5 heteroatoms. The number of rotatable bonds is 5. The fourth-order valence-electron chi connectivity index (χ4n) is 2.35. The van der Waals surface area contributed by atoms with Crippen LogP contribution in [0, 0.1) is 0 Å². The van der Waals surface area contributed by atoms with E-state index in [4.69, 9.17) is 4.74 Å². The largest absolute Gasteiger partial charge is 0.496 e. The molecule has 0 spiro atoms. The fraction of sp³-hybridized carbons (Fsp3) is 0.222. The Bertz CT molecular complexity index is 804. The van der Waals surface area contributed by atoms with Crippen molar-refractivity contribution in [2.45, 2.75) is 24.5 Å². The third-order valence-corrected chi connectivity index (χ3v) is 9.36. The Balaban J connectivity index is 2.66. The number of para-hydroxylation sites is 1. The molecule has 2 aromatic carbocycles. The van der Waals surface area contributed by atoms with Crippen molar-refractivity contribution < 1.29 is 13.2 Å². The number of ether oxygens (including phenoxy) is 1. The van der Waals surface area contributed by atoms with Crippen molar-refractivity contribution in [3.63, 3.8) is 0 Å². The van der Waals surface area contributed by atoms with E-state index >= 15 is 0 Å². The van der Waals surface area contributed by atoms with Gasteiger partial charge in [-0.1, -0.05) is 56.0 Å². The highest BCUT2D eigenvalue weighted by molar-refractivity contribution is 7.97. The van der Waals surface area contributed by atoms with Crippen molar-refractivity contribution in [1.29, 1.82) is 0 Å². The van der Waals surface area contributed by atoms with Gasteiger partial charge in [-0.05, 0) is 24.3 Å². The van der Waals surface area contributed by atoms with Crippen LogP contribution < -0.4 is 4.74 Å². The van der Waals surface area contributed by atoms with E-state index in [1.165, 1.54) is 0 Å². The summed E-state index contributed by atoms with van der Waals surface area (Å²) in [5.74, 6) is 0.673. The molecule has 0 saturated carbocycles. The van der Waals surface area contributed by atoms with Crippen LogP contribution in [-0.4, -0.2) is 23.6 Å². The van der Waals surface area contributed by atoms with E-state index in [2.05, 4.69) is 0 Å². The predicted molar refractivity (Wildman–Crippen MR) is 97.9 cm³/mol. The second-order valence-electron chi connectivity index (χ2n) is 6.32. The third kappa shape index (κ3) is 3.92. The van der Waals surface area contributed by atoms with Gasteiger partial charge in [0, 0.05) is 10.1 Å². The molecule has 0 amide bonds. The summed E-state index contributed by atoms with van der Waals surface area (Å²) in [6.45, 7) is 6.11. The highest BCUT2D eigenvalue weighted by Crippen LogP contribution is 2.31. The van der Waals surface area contributed by atoms with E-state index in [1.807, 2.05) is 50.0 Å². The highest BCUT2D eigenvalue weighted by atomic mass is 32.2. The van der Waals surface area contributed by atoms with E-state index in [1.54, 1.807) is 37.5 Å². The molecule has 0 radical (unpaired) electrons. The van der Waals surface area contributed by atoms with Gasteiger partial charge in [-0.2, -0.15) is 0 Å². The van der Waals surface area contributed by atoms with Crippen LogP contribution in [0.25, 0.3) is 6.08 Å². The molecule has 0 aromatic heterocycles. The Kier molecular flexibility index (Phi) is 5.11. The molecule has 0 bridgehead atoms. The summed E-state index contributed by atoms with van der Waals surface area (Å²) >= 11 is 0. The van der Waals surface area contributed by atoms with Crippen LogP contribution in [0.5, 0.6) is 5.75 Å². The lowest BCUT2D eigenvalue weighted by molar-refractivity contribution is 0.414. The third-order valence-electron chi connectivity index (χ3n) is 3.51. The summed E-state index contributed by atoms with van der Waals surface area (Å²) < 4.78 is 32.1.